The Morgan fingerprint density at radius 3 is 1.05 bits per heavy atom. The number of carbonyl (C=O) groups excluding carboxylic acids is 2. The van der Waals surface area contributed by atoms with Gasteiger partial charge in [-0.05, 0) is 26.0 Å². The van der Waals surface area contributed by atoms with Crippen molar-refractivity contribution in [1.82, 2.24) is 0 Å². The average molecular weight is 294 g/mol. The third-order valence-electron chi connectivity index (χ3n) is 1.20. The third-order valence-corrected chi connectivity index (χ3v) is 1.20. The van der Waals surface area contributed by atoms with E-state index < -0.39 is 36.0 Å². The van der Waals surface area contributed by atoms with Crippen molar-refractivity contribution in [3.63, 3.8) is 0 Å². The Balaban J connectivity index is -0.000000221. The van der Waals surface area contributed by atoms with Gasteiger partial charge in [0.25, 0.3) is 0 Å². The Morgan fingerprint density at radius 1 is 0.850 bits per heavy atom. The Labute approximate surface area is 114 Å². The Hall–Kier alpha value is -2.46. The van der Waals surface area contributed by atoms with Crippen molar-refractivity contribution >= 4 is 23.9 Å². The topological polar surface area (TPSA) is 210 Å². The van der Waals surface area contributed by atoms with Gasteiger partial charge in [0.1, 0.15) is 0 Å². The molecule has 0 aromatic carbocycles. The molecule has 0 spiro atoms. The molecule has 10 nitrogen and oxygen atoms in total. The highest BCUT2D eigenvalue weighted by molar-refractivity contribution is 5.87. The van der Waals surface area contributed by atoms with Gasteiger partial charge in [-0.1, -0.05) is 0 Å². The molecule has 20 heavy (non-hydrogen) atoms. The van der Waals surface area contributed by atoms with E-state index in [1.165, 1.54) is 13.8 Å². The number of aliphatic carboxylic acids is 4. The summed E-state index contributed by atoms with van der Waals surface area (Å²) >= 11 is 0. The summed E-state index contributed by atoms with van der Waals surface area (Å²) in [5.74, 6) is -4.80. The molecule has 116 valence electrons. The van der Waals surface area contributed by atoms with Crippen molar-refractivity contribution in [3.05, 3.63) is 12.2 Å². The van der Waals surface area contributed by atoms with E-state index in [4.69, 9.17) is 10.2 Å². The largest absolute Gasteiger partial charge is 0.545 e. The van der Waals surface area contributed by atoms with E-state index in [1.54, 1.807) is 0 Å². The van der Waals surface area contributed by atoms with E-state index in [-0.39, 0.29) is 0 Å². The van der Waals surface area contributed by atoms with Crippen molar-refractivity contribution in [2.75, 3.05) is 0 Å². The van der Waals surface area contributed by atoms with Crippen molar-refractivity contribution in [2.45, 2.75) is 25.9 Å². The van der Waals surface area contributed by atoms with Crippen LogP contribution in [0.15, 0.2) is 12.2 Å². The highest BCUT2D eigenvalue weighted by atomic mass is 16.4. The zero-order valence-corrected chi connectivity index (χ0v) is 11.1. The molecule has 0 unspecified atom stereocenters. The maximum Gasteiger partial charge on any atom is 0.362 e. The zero-order chi connectivity index (χ0) is 16.9. The molecule has 0 aliphatic carbocycles. The zero-order valence-electron chi connectivity index (χ0n) is 11.1. The minimum absolute atomic E-state index is 0.384. The van der Waals surface area contributed by atoms with Crippen LogP contribution >= 0.6 is 0 Å². The summed E-state index contributed by atoms with van der Waals surface area (Å²) in [4.78, 5) is 38.1. The van der Waals surface area contributed by atoms with Crippen LogP contribution in [-0.4, -0.2) is 46.2 Å². The van der Waals surface area contributed by atoms with E-state index in [0.29, 0.717) is 12.2 Å². The maximum atomic E-state index is 9.64. The van der Waals surface area contributed by atoms with Gasteiger partial charge in [-0.2, -0.15) is 0 Å². The molecule has 10 heteroatoms. The first-order chi connectivity index (χ1) is 8.91. The molecular formula is C10H18N2O8. The van der Waals surface area contributed by atoms with Crippen molar-refractivity contribution < 1.29 is 51.1 Å². The number of quaternary nitrogens is 2. The van der Waals surface area contributed by atoms with Gasteiger partial charge in [0.2, 0.25) is 0 Å². The lowest BCUT2D eigenvalue weighted by molar-refractivity contribution is -0.402. The highest BCUT2D eigenvalue weighted by Gasteiger charge is 2.04. The minimum Gasteiger partial charge on any atom is -0.545 e. The van der Waals surface area contributed by atoms with Gasteiger partial charge >= 0.3 is 11.9 Å². The molecule has 0 heterocycles. The number of hydrogen-bond donors (Lipinski definition) is 4. The van der Waals surface area contributed by atoms with Gasteiger partial charge in [-0.25, -0.2) is 9.59 Å². The quantitative estimate of drug-likeness (QED) is 0.366. The fraction of sp³-hybridized carbons (Fsp3) is 0.400. The molecule has 0 fully saturated rings. The van der Waals surface area contributed by atoms with E-state index in [0.717, 1.165) is 0 Å². The van der Waals surface area contributed by atoms with Crippen LogP contribution in [0.2, 0.25) is 0 Å². The molecular weight excluding hydrogens is 276 g/mol. The average Bonchev–Trinajstić information content (AvgIpc) is 2.27. The summed E-state index contributed by atoms with van der Waals surface area (Å²) in [7, 11) is 0. The predicted molar refractivity (Wildman–Crippen MR) is 59.1 cm³/mol. The van der Waals surface area contributed by atoms with Gasteiger partial charge in [-0.15, -0.1) is 0 Å². The van der Waals surface area contributed by atoms with Gasteiger partial charge < -0.3 is 41.5 Å². The second kappa shape index (κ2) is 13.0. The lowest BCUT2D eigenvalue weighted by Gasteiger charge is -1.90. The fourth-order valence-corrected chi connectivity index (χ4v) is 0.136. The van der Waals surface area contributed by atoms with Crippen LogP contribution in [0.4, 0.5) is 0 Å². The summed E-state index contributed by atoms with van der Waals surface area (Å²) in [6.45, 7) is 3.06. The summed E-state index contributed by atoms with van der Waals surface area (Å²) < 4.78 is 0. The number of hydrogen-bond acceptors (Lipinski definition) is 6. The molecule has 0 aromatic heterocycles. The molecule has 0 radical (unpaired) electrons. The molecule has 0 rings (SSSR count). The van der Waals surface area contributed by atoms with Crippen LogP contribution in [0.1, 0.15) is 13.8 Å². The molecule has 0 aliphatic rings. The molecule has 2 atom stereocenters. The van der Waals surface area contributed by atoms with Crippen LogP contribution in [0.25, 0.3) is 0 Å². The molecule has 0 saturated heterocycles. The standard InChI is InChI=1S/C4H4O4.2C3H7NO2/c5-3(6)1-2-4(7)8;2*1-2(4)3(5)6/h1-2H,(H,5,6)(H,7,8);2*2H,4H2,1H3,(H,5,6)/b2-1+;;/t;2*2-/m.00/s1. The third kappa shape index (κ3) is 29.6. The number of carboxylic acid groups (broad SMARTS) is 4. The SMILES string of the molecule is C[C@H]([NH3+])C(=O)O.C[C@H]([NH3+])C(=O)O.O=C([O-])/C=C/C(=O)[O-]. The van der Waals surface area contributed by atoms with Crippen LogP contribution < -0.4 is 21.7 Å². The normalized spacial score (nSPS) is 12.0. The van der Waals surface area contributed by atoms with Crippen LogP contribution in [0, 0.1) is 0 Å². The Bertz CT molecular complexity index is 328. The monoisotopic (exact) mass is 294 g/mol. The first-order valence-electron chi connectivity index (χ1n) is 5.13. The lowest BCUT2D eigenvalue weighted by atomic mass is 10.4. The minimum atomic E-state index is -1.55. The van der Waals surface area contributed by atoms with Crippen LogP contribution in [0.5, 0.6) is 0 Å². The first-order valence-corrected chi connectivity index (χ1v) is 5.13. The van der Waals surface area contributed by atoms with Crippen molar-refractivity contribution in [1.29, 1.82) is 0 Å². The lowest BCUT2D eigenvalue weighted by Crippen LogP contribution is -2.63. The maximum absolute atomic E-state index is 9.64. The highest BCUT2D eigenvalue weighted by Crippen LogP contribution is 1.65. The molecule has 8 N–H and O–H groups in total. The predicted octanol–water partition coefficient (Wildman–Crippen LogP) is -5.55. The van der Waals surface area contributed by atoms with Gasteiger partial charge in [0.05, 0.1) is 11.9 Å². The second-order valence-electron chi connectivity index (χ2n) is 3.45. The number of rotatable bonds is 4. The van der Waals surface area contributed by atoms with Crippen molar-refractivity contribution in [2.24, 2.45) is 0 Å². The van der Waals surface area contributed by atoms with Crippen LogP contribution in [0.3, 0.4) is 0 Å². The Kier molecular flexibility index (Phi) is 14.7. The fourth-order valence-electron chi connectivity index (χ4n) is 0.136. The number of carboxylic acids is 4. The van der Waals surface area contributed by atoms with Gasteiger partial charge in [0, 0.05) is 0 Å². The van der Waals surface area contributed by atoms with Gasteiger partial charge in [0.15, 0.2) is 12.1 Å². The van der Waals surface area contributed by atoms with E-state index in [1.807, 2.05) is 0 Å². The molecule has 0 saturated carbocycles. The first kappa shape index (κ1) is 22.7. The molecule has 0 amide bonds. The van der Waals surface area contributed by atoms with E-state index in [2.05, 4.69) is 11.5 Å². The van der Waals surface area contributed by atoms with Crippen LogP contribution in [-0.2, 0) is 19.2 Å². The van der Waals surface area contributed by atoms with Gasteiger partial charge in [-0.3, -0.25) is 0 Å². The van der Waals surface area contributed by atoms with E-state index in [9.17, 15) is 29.4 Å². The molecule has 0 aromatic rings. The summed E-state index contributed by atoms with van der Waals surface area (Å²) in [6, 6.07) is -0.963. The summed E-state index contributed by atoms with van der Waals surface area (Å²) in [6.07, 6.45) is 0.769. The smallest absolute Gasteiger partial charge is 0.362 e. The summed E-state index contributed by atoms with van der Waals surface area (Å²) in [5.41, 5.74) is 6.48. The summed E-state index contributed by atoms with van der Waals surface area (Å²) in [5, 5.41) is 34.7. The van der Waals surface area contributed by atoms with E-state index >= 15 is 0 Å². The molecule has 0 bridgehead atoms. The Morgan fingerprint density at radius 2 is 1.00 bits per heavy atom. The number of carbonyl (C=O) groups is 4. The second-order valence-corrected chi connectivity index (χ2v) is 3.45. The van der Waals surface area contributed by atoms with Crippen molar-refractivity contribution in [3.8, 4) is 0 Å². The molecule has 0 aliphatic heterocycles.